The molecule has 5 nitrogen and oxygen atoms in total. The number of hydrogen-bond acceptors (Lipinski definition) is 6. The maximum Gasteiger partial charge on any atom is 0.293 e. The summed E-state index contributed by atoms with van der Waals surface area (Å²) < 4.78 is 11.5. The Morgan fingerprint density at radius 3 is 2.77 bits per heavy atom. The van der Waals surface area contributed by atoms with Gasteiger partial charge in [0.05, 0.1) is 22.5 Å². The molecular weight excluding hydrogens is 462 g/mol. The Bertz CT molecular complexity index is 866. The topological polar surface area (TPSA) is 59.8 Å². The standard InChI is InChI=1S/C17H13BrClNO4S2/c1-23-7-6-20-15(21)14(26-17(20)22)9-11-8-13(18)16(24-11)25-12-4-2-10(19)3-5-12/h2-5,8-9H,6-7H2,1H3/b14-9+. The number of carbonyl (C=O) groups excluding carboxylic acids is 2. The zero-order chi connectivity index (χ0) is 18.7. The Morgan fingerprint density at radius 2 is 2.08 bits per heavy atom. The van der Waals surface area contributed by atoms with Crippen LogP contribution in [0.3, 0.4) is 0 Å². The Hall–Kier alpha value is -1.19. The van der Waals surface area contributed by atoms with E-state index in [1.54, 1.807) is 24.3 Å². The summed E-state index contributed by atoms with van der Waals surface area (Å²) in [5.74, 6) is 0.155. The number of furan rings is 1. The van der Waals surface area contributed by atoms with Crippen molar-refractivity contribution in [2.75, 3.05) is 20.3 Å². The highest BCUT2D eigenvalue weighted by Crippen LogP contribution is 2.38. The fourth-order valence-corrected chi connectivity index (χ4v) is 4.43. The molecule has 0 saturated carbocycles. The summed E-state index contributed by atoms with van der Waals surface area (Å²) in [6.45, 7) is 0.539. The second-order valence-corrected chi connectivity index (χ2v) is 8.50. The number of methoxy groups -OCH3 is 1. The molecule has 1 aromatic carbocycles. The van der Waals surface area contributed by atoms with E-state index in [4.69, 9.17) is 20.8 Å². The number of rotatable bonds is 6. The summed E-state index contributed by atoms with van der Waals surface area (Å²) in [6, 6.07) is 9.16. The van der Waals surface area contributed by atoms with Gasteiger partial charge in [0, 0.05) is 23.1 Å². The van der Waals surface area contributed by atoms with Crippen LogP contribution in [-0.4, -0.2) is 36.3 Å². The van der Waals surface area contributed by atoms with Crippen LogP contribution < -0.4 is 0 Å². The summed E-state index contributed by atoms with van der Waals surface area (Å²) >= 11 is 11.7. The third kappa shape index (κ3) is 4.55. The molecule has 2 heterocycles. The lowest BCUT2D eigenvalue weighted by molar-refractivity contribution is -0.123. The van der Waals surface area contributed by atoms with Gasteiger partial charge in [-0.25, -0.2) is 0 Å². The van der Waals surface area contributed by atoms with Gasteiger partial charge in [-0.3, -0.25) is 14.5 Å². The van der Waals surface area contributed by atoms with E-state index in [2.05, 4.69) is 15.9 Å². The Morgan fingerprint density at radius 1 is 1.35 bits per heavy atom. The monoisotopic (exact) mass is 473 g/mol. The number of hydrogen-bond donors (Lipinski definition) is 0. The van der Waals surface area contributed by atoms with Crippen LogP contribution in [-0.2, 0) is 9.53 Å². The number of benzene rings is 1. The van der Waals surface area contributed by atoms with E-state index in [1.165, 1.54) is 23.8 Å². The SMILES string of the molecule is COCCN1C(=O)S/C(=C/c2cc(Br)c(Sc3ccc(Cl)cc3)o2)C1=O. The van der Waals surface area contributed by atoms with E-state index < -0.39 is 0 Å². The smallest absolute Gasteiger partial charge is 0.293 e. The van der Waals surface area contributed by atoms with E-state index in [1.807, 2.05) is 12.1 Å². The fourth-order valence-electron chi connectivity index (χ4n) is 2.12. The molecule has 0 radical (unpaired) electrons. The van der Waals surface area contributed by atoms with Crippen molar-refractivity contribution in [1.82, 2.24) is 4.90 Å². The van der Waals surface area contributed by atoms with Crippen LogP contribution in [0.4, 0.5) is 4.79 Å². The van der Waals surface area contributed by atoms with Crippen molar-refractivity contribution >= 4 is 68.3 Å². The van der Waals surface area contributed by atoms with Crippen molar-refractivity contribution in [1.29, 1.82) is 0 Å². The zero-order valence-electron chi connectivity index (χ0n) is 13.5. The summed E-state index contributed by atoms with van der Waals surface area (Å²) in [7, 11) is 1.52. The quantitative estimate of drug-likeness (QED) is 0.513. The Labute approximate surface area is 172 Å². The van der Waals surface area contributed by atoms with Crippen molar-refractivity contribution < 1.29 is 18.7 Å². The number of ether oxygens (including phenoxy) is 1. The first kappa shape index (κ1) is 19.6. The average molecular weight is 475 g/mol. The average Bonchev–Trinajstić information content (AvgIpc) is 3.08. The molecule has 0 unspecified atom stereocenters. The van der Waals surface area contributed by atoms with E-state index >= 15 is 0 Å². The molecular formula is C17H13BrClNO4S2. The van der Waals surface area contributed by atoms with E-state index in [0.29, 0.717) is 27.4 Å². The molecule has 1 aliphatic rings. The van der Waals surface area contributed by atoms with Crippen molar-refractivity contribution in [2.45, 2.75) is 9.99 Å². The van der Waals surface area contributed by atoms with Crippen LogP contribution in [0.15, 0.2) is 54.1 Å². The first-order valence-electron chi connectivity index (χ1n) is 7.45. The van der Waals surface area contributed by atoms with Gasteiger partial charge in [-0.05, 0) is 58.0 Å². The molecule has 2 aromatic rings. The maximum absolute atomic E-state index is 12.3. The minimum absolute atomic E-state index is 0.234. The van der Waals surface area contributed by atoms with Crippen LogP contribution in [0, 0.1) is 0 Å². The van der Waals surface area contributed by atoms with Crippen LogP contribution >= 0.6 is 51.1 Å². The van der Waals surface area contributed by atoms with E-state index in [9.17, 15) is 9.59 Å². The number of thioether (sulfide) groups is 1. The second-order valence-electron chi connectivity index (χ2n) is 5.17. The number of carbonyl (C=O) groups is 2. The van der Waals surface area contributed by atoms with Gasteiger partial charge in [0.25, 0.3) is 11.1 Å². The molecule has 1 saturated heterocycles. The molecule has 0 aliphatic carbocycles. The minimum Gasteiger partial charge on any atom is -0.449 e. The highest BCUT2D eigenvalue weighted by Gasteiger charge is 2.34. The number of halogens is 2. The van der Waals surface area contributed by atoms with Gasteiger partial charge in [0.1, 0.15) is 5.76 Å². The Kier molecular flexibility index (Phi) is 6.52. The first-order chi connectivity index (χ1) is 12.5. The van der Waals surface area contributed by atoms with Crippen molar-refractivity contribution in [3.05, 3.63) is 50.5 Å². The van der Waals surface area contributed by atoms with Crippen LogP contribution in [0.2, 0.25) is 5.02 Å². The lowest BCUT2D eigenvalue weighted by atomic mass is 10.3. The fraction of sp³-hybridized carbons (Fsp3) is 0.176. The molecule has 0 spiro atoms. The van der Waals surface area contributed by atoms with Crippen LogP contribution in [0.5, 0.6) is 0 Å². The first-order valence-corrected chi connectivity index (χ1v) is 10.3. The van der Waals surface area contributed by atoms with Gasteiger partial charge in [-0.2, -0.15) is 0 Å². The van der Waals surface area contributed by atoms with Crippen LogP contribution in [0.25, 0.3) is 6.08 Å². The highest BCUT2D eigenvalue weighted by molar-refractivity contribution is 9.10. The predicted molar refractivity (Wildman–Crippen MR) is 107 cm³/mol. The molecule has 0 atom stereocenters. The molecule has 9 heteroatoms. The minimum atomic E-state index is -0.337. The molecule has 3 rings (SSSR count). The third-order valence-corrected chi connectivity index (χ3v) is 6.37. The second kappa shape index (κ2) is 8.67. The summed E-state index contributed by atoms with van der Waals surface area (Å²) in [5, 5.41) is 1.01. The van der Waals surface area contributed by atoms with Crippen LogP contribution in [0.1, 0.15) is 5.76 Å². The summed E-state index contributed by atoms with van der Waals surface area (Å²) in [6.07, 6.45) is 1.58. The van der Waals surface area contributed by atoms with Crippen molar-refractivity contribution in [3.8, 4) is 0 Å². The number of nitrogens with zero attached hydrogens (tertiary/aromatic N) is 1. The summed E-state index contributed by atoms with van der Waals surface area (Å²) in [4.78, 5) is 26.7. The van der Waals surface area contributed by atoms with Gasteiger partial charge in [-0.1, -0.05) is 23.4 Å². The highest BCUT2D eigenvalue weighted by atomic mass is 79.9. The molecule has 0 bridgehead atoms. The van der Waals surface area contributed by atoms with E-state index in [-0.39, 0.29) is 17.7 Å². The largest absolute Gasteiger partial charge is 0.449 e. The predicted octanol–water partition coefficient (Wildman–Crippen LogP) is 5.53. The normalized spacial score (nSPS) is 16.1. The van der Waals surface area contributed by atoms with Gasteiger partial charge < -0.3 is 9.15 Å². The van der Waals surface area contributed by atoms with Gasteiger partial charge in [0.2, 0.25) is 0 Å². The van der Waals surface area contributed by atoms with Gasteiger partial charge in [-0.15, -0.1) is 0 Å². The molecule has 136 valence electrons. The number of imide groups is 1. The molecule has 1 aromatic heterocycles. The zero-order valence-corrected chi connectivity index (χ0v) is 17.5. The molecule has 1 aliphatic heterocycles. The molecule has 2 amide bonds. The lowest BCUT2D eigenvalue weighted by Crippen LogP contribution is -2.31. The molecule has 1 fully saturated rings. The van der Waals surface area contributed by atoms with Gasteiger partial charge in [0.15, 0.2) is 5.09 Å². The van der Waals surface area contributed by atoms with E-state index in [0.717, 1.165) is 21.1 Å². The molecule has 26 heavy (non-hydrogen) atoms. The number of amides is 2. The van der Waals surface area contributed by atoms with Crippen molar-refractivity contribution in [3.63, 3.8) is 0 Å². The molecule has 0 N–H and O–H groups in total. The summed E-state index contributed by atoms with van der Waals surface area (Å²) in [5.41, 5.74) is 0. The Balaban J connectivity index is 1.76. The van der Waals surface area contributed by atoms with Crippen molar-refractivity contribution in [2.24, 2.45) is 0 Å². The van der Waals surface area contributed by atoms with Gasteiger partial charge >= 0.3 is 0 Å². The maximum atomic E-state index is 12.3. The third-order valence-electron chi connectivity index (χ3n) is 3.36. The lowest BCUT2D eigenvalue weighted by Gasteiger charge is -2.10.